The SMILES string of the molecule is Cc1ccc(OCc2ccc(C(=O)NC3(C(=O)O)CC3)o2)cc1. The van der Waals surface area contributed by atoms with Crippen LogP contribution in [0.25, 0.3) is 0 Å². The third-order valence-electron chi connectivity index (χ3n) is 3.80. The monoisotopic (exact) mass is 315 g/mol. The van der Waals surface area contributed by atoms with E-state index in [0.29, 0.717) is 24.4 Å². The molecule has 6 nitrogen and oxygen atoms in total. The second-order valence-electron chi connectivity index (χ2n) is 5.71. The number of carbonyl (C=O) groups is 2. The van der Waals surface area contributed by atoms with Crippen molar-refractivity contribution in [2.45, 2.75) is 31.9 Å². The molecule has 3 rings (SSSR count). The van der Waals surface area contributed by atoms with Crippen LogP contribution >= 0.6 is 0 Å². The minimum atomic E-state index is -1.12. The van der Waals surface area contributed by atoms with Gasteiger partial charge in [-0.3, -0.25) is 4.79 Å². The topological polar surface area (TPSA) is 88.8 Å². The first kappa shape index (κ1) is 15.1. The van der Waals surface area contributed by atoms with Crippen molar-refractivity contribution < 1.29 is 23.8 Å². The Morgan fingerprint density at radius 1 is 1.22 bits per heavy atom. The third-order valence-corrected chi connectivity index (χ3v) is 3.80. The van der Waals surface area contributed by atoms with Gasteiger partial charge in [-0.15, -0.1) is 0 Å². The second kappa shape index (κ2) is 5.79. The Balaban J connectivity index is 1.58. The first-order valence-electron chi connectivity index (χ1n) is 7.33. The second-order valence-corrected chi connectivity index (χ2v) is 5.71. The molecule has 1 amide bonds. The number of carbonyl (C=O) groups excluding carboxylic acids is 1. The van der Waals surface area contributed by atoms with Gasteiger partial charge in [-0.1, -0.05) is 17.7 Å². The maximum atomic E-state index is 12.0. The molecule has 0 unspecified atom stereocenters. The van der Waals surface area contributed by atoms with E-state index in [4.69, 9.17) is 14.3 Å². The van der Waals surface area contributed by atoms with E-state index < -0.39 is 17.4 Å². The quantitative estimate of drug-likeness (QED) is 0.855. The number of benzene rings is 1. The standard InChI is InChI=1S/C17H17NO5/c1-11-2-4-12(5-3-11)22-10-13-6-7-14(23-13)15(19)18-17(8-9-17)16(20)21/h2-7H,8-10H2,1H3,(H,18,19)(H,20,21). The van der Waals surface area contributed by atoms with E-state index in [9.17, 15) is 9.59 Å². The summed E-state index contributed by atoms with van der Waals surface area (Å²) in [5, 5.41) is 11.6. The highest BCUT2D eigenvalue weighted by molar-refractivity contribution is 5.97. The molecule has 0 radical (unpaired) electrons. The highest BCUT2D eigenvalue weighted by Crippen LogP contribution is 2.35. The van der Waals surface area contributed by atoms with Gasteiger partial charge in [-0.2, -0.15) is 0 Å². The molecule has 1 aliphatic rings. The molecule has 23 heavy (non-hydrogen) atoms. The van der Waals surface area contributed by atoms with Gasteiger partial charge >= 0.3 is 5.97 Å². The summed E-state index contributed by atoms with van der Waals surface area (Å²) in [4.78, 5) is 23.1. The molecule has 0 spiro atoms. The van der Waals surface area contributed by atoms with E-state index in [-0.39, 0.29) is 12.4 Å². The van der Waals surface area contributed by atoms with E-state index >= 15 is 0 Å². The normalized spacial score (nSPS) is 15.0. The Morgan fingerprint density at radius 2 is 1.91 bits per heavy atom. The van der Waals surface area contributed by atoms with Crippen LogP contribution in [0.15, 0.2) is 40.8 Å². The van der Waals surface area contributed by atoms with Crippen molar-refractivity contribution in [3.05, 3.63) is 53.5 Å². The number of nitrogens with one attached hydrogen (secondary N) is 1. The van der Waals surface area contributed by atoms with Crippen LogP contribution in [0.3, 0.4) is 0 Å². The van der Waals surface area contributed by atoms with Gasteiger partial charge in [0.25, 0.3) is 5.91 Å². The van der Waals surface area contributed by atoms with Crippen molar-refractivity contribution in [2.75, 3.05) is 0 Å². The van der Waals surface area contributed by atoms with Gasteiger partial charge in [0.15, 0.2) is 5.76 Å². The van der Waals surface area contributed by atoms with Crippen molar-refractivity contribution >= 4 is 11.9 Å². The van der Waals surface area contributed by atoms with Gasteiger partial charge in [0.2, 0.25) is 0 Å². The molecular formula is C17H17NO5. The van der Waals surface area contributed by atoms with E-state index in [2.05, 4.69) is 5.32 Å². The van der Waals surface area contributed by atoms with Gasteiger partial charge < -0.3 is 19.6 Å². The van der Waals surface area contributed by atoms with Gasteiger partial charge in [-0.05, 0) is 44.0 Å². The van der Waals surface area contributed by atoms with Crippen LogP contribution < -0.4 is 10.1 Å². The third kappa shape index (κ3) is 3.36. The van der Waals surface area contributed by atoms with Crippen LogP contribution in [-0.2, 0) is 11.4 Å². The fourth-order valence-corrected chi connectivity index (χ4v) is 2.16. The Morgan fingerprint density at radius 3 is 2.52 bits per heavy atom. The predicted octanol–water partition coefficient (Wildman–Crippen LogP) is 2.51. The number of furan rings is 1. The first-order valence-corrected chi connectivity index (χ1v) is 7.33. The highest BCUT2D eigenvalue weighted by atomic mass is 16.5. The number of carboxylic acids is 1. The van der Waals surface area contributed by atoms with Crippen LogP contribution in [0.2, 0.25) is 0 Å². The molecule has 0 atom stereocenters. The molecule has 0 saturated heterocycles. The van der Waals surface area contributed by atoms with E-state index in [1.807, 2.05) is 31.2 Å². The van der Waals surface area contributed by atoms with E-state index in [1.54, 1.807) is 6.07 Å². The Hall–Kier alpha value is -2.76. The van der Waals surface area contributed by atoms with Gasteiger partial charge in [-0.25, -0.2) is 4.79 Å². The fourth-order valence-electron chi connectivity index (χ4n) is 2.16. The Bertz CT molecular complexity index is 728. The van der Waals surface area contributed by atoms with Gasteiger partial charge in [0.05, 0.1) is 0 Å². The van der Waals surface area contributed by atoms with Crippen LogP contribution in [0.5, 0.6) is 5.75 Å². The Kier molecular flexibility index (Phi) is 3.82. The number of hydrogen-bond acceptors (Lipinski definition) is 4. The maximum absolute atomic E-state index is 12.0. The number of rotatable bonds is 6. The molecule has 1 fully saturated rings. The summed E-state index contributed by atoms with van der Waals surface area (Å²) in [6.07, 6.45) is 0.885. The Labute approximate surface area is 133 Å². The molecule has 1 saturated carbocycles. The maximum Gasteiger partial charge on any atom is 0.329 e. The van der Waals surface area contributed by atoms with Gasteiger partial charge in [0, 0.05) is 0 Å². The molecule has 2 aromatic rings. The molecule has 1 aromatic heterocycles. The molecule has 2 N–H and O–H groups in total. The molecule has 1 aliphatic carbocycles. The smallest absolute Gasteiger partial charge is 0.329 e. The zero-order chi connectivity index (χ0) is 16.4. The summed E-state index contributed by atoms with van der Waals surface area (Å²) in [5.41, 5.74) is 0.0179. The average Bonchev–Trinajstić information content (AvgIpc) is 3.15. The fraction of sp³-hybridized carbons (Fsp3) is 0.294. The van der Waals surface area contributed by atoms with E-state index in [0.717, 1.165) is 5.56 Å². The summed E-state index contributed by atoms with van der Waals surface area (Å²) in [6, 6.07) is 10.8. The largest absolute Gasteiger partial charge is 0.486 e. The van der Waals surface area contributed by atoms with Crippen LogP contribution in [0.1, 0.15) is 34.7 Å². The molecular weight excluding hydrogens is 298 g/mol. The minimum absolute atomic E-state index is 0.0834. The molecule has 6 heteroatoms. The highest BCUT2D eigenvalue weighted by Gasteiger charge is 2.52. The number of carboxylic acid groups (broad SMARTS) is 1. The zero-order valence-electron chi connectivity index (χ0n) is 12.7. The lowest BCUT2D eigenvalue weighted by Crippen LogP contribution is -2.42. The van der Waals surface area contributed by atoms with Crippen molar-refractivity contribution in [1.82, 2.24) is 5.32 Å². The molecule has 0 bridgehead atoms. The molecule has 1 aromatic carbocycles. The average molecular weight is 315 g/mol. The van der Waals surface area contributed by atoms with E-state index in [1.165, 1.54) is 6.07 Å². The van der Waals surface area contributed by atoms with Crippen LogP contribution in [0, 0.1) is 6.92 Å². The summed E-state index contributed by atoms with van der Waals surface area (Å²) >= 11 is 0. The lowest BCUT2D eigenvalue weighted by molar-refractivity contribution is -0.140. The minimum Gasteiger partial charge on any atom is -0.486 e. The number of aliphatic carboxylic acids is 1. The number of hydrogen-bond donors (Lipinski definition) is 2. The number of ether oxygens (including phenoxy) is 1. The molecule has 0 aliphatic heterocycles. The molecule has 1 heterocycles. The van der Waals surface area contributed by atoms with Crippen molar-refractivity contribution in [3.8, 4) is 5.75 Å². The lowest BCUT2D eigenvalue weighted by atomic mass is 10.2. The number of aryl methyl sites for hydroxylation is 1. The van der Waals surface area contributed by atoms with Crippen molar-refractivity contribution in [2.24, 2.45) is 0 Å². The van der Waals surface area contributed by atoms with Crippen LogP contribution in [0.4, 0.5) is 0 Å². The lowest BCUT2D eigenvalue weighted by Gasteiger charge is -2.10. The summed E-state index contributed by atoms with van der Waals surface area (Å²) in [5.74, 6) is -0.247. The van der Waals surface area contributed by atoms with Crippen LogP contribution in [-0.4, -0.2) is 22.5 Å². The summed E-state index contributed by atoms with van der Waals surface area (Å²) in [7, 11) is 0. The first-order chi connectivity index (χ1) is 11.0. The van der Waals surface area contributed by atoms with Gasteiger partial charge in [0.1, 0.15) is 23.7 Å². The summed E-state index contributed by atoms with van der Waals surface area (Å²) in [6.45, 7) is 2.19. The van der Waals surface area contributed by atoms with Crippen molar-refractivity contribution in [3.63, 3.8) is 0 Å². The summed E-state index contributed by atoms with van der Waals surface area (Å²) < 4.78 is 11.0. The van der Waals surface area contributed by atoms with Crippen molar-refractivity contribution in [1.29, 1.82) is 0 Å². The number of amides is 1. The predicted molar refractivity (Wildman–Crippen MR) is 81.3 cm³/mol. The molecule has 120 valence electrons. The zero-order valence-corrected chi connectivity index (χ0v) is 12.7.